The molecule has 0 aromatic heterocycles. The van der Waals surface area contributed by atoms with E-state index in [2.05, 4.69) is 12.2 Å². The molecule has 0 aliphatic rings. The Morgan fingerprint density at radius 2 is 1.14 bits per heavy atom. The van der Waals surface area contributed by atoms with Crippen LogP contribution in [0, 0.1) is 0 Å². The molecule has 160 valence electrons. The van der Waals surface area contributed by atoms with Gasteiger partial charge in [0.2, 0.25) is 5.91 Å². The van der Waals surface area contributed by atoms with Crippen molar-refractivity contribution in [2.24, 2.45) is 0 Å². The molecule has 0 bridgehead atoms. The van der Waals surface area contributed by atoms with E-state index in [1.807, 2.05) is 24.3 Å². The Morgan fingerprint density at radius 3 is 1.61 bits per heavy atom. The summed E-state index contributed by atoms with van der Waals surface area (Å²) in [6.45, 7) is 2.87. The first kappa shape index (κ1) is 25.0. The van der Waals surface area contributed by atoms with Gasteiger partial charge < -0.3 is 5.32 Å². The summed E-state index contributed by atoms with van der Waals surface area (Å²) in [5.41, 5.74) is 1.09. The third-order valence-electron chi connectivity index (χ3n) is 5.41. The van der Waals surface area contributed by atoms with Crippen molar-refractivity contribution < 1.29 is 4.79 Å². The number of rotatable bonds is 18. The highest BCUT2D eigenvalue weighted by atomic mass is 35.5. The van der Waals surface area contributed by atoms with Crippen LogP contribution in [-0.2, 0) is 11.3 Å². The van der Waals surface area contributed by atoms with Gasteiger partial charge in [0.15, 0.2) is 0 Å². The second kappa shape index (κ2) is 18.0. The molecule has 0 heterocycles. The van der Waals surface area contributed by atoms with Crippen LogP contribution in [0.2, 0.25) is 5.02 Å². The lowest BCUT2D eigenvalue weighted by molar-refractivity contribution is -0.121. The largest absolute Gasteiger partial charge is 0.352 e. The monoisotopic (exact) mass is 407 g/mol. The van der Waals surface area contributed by atoms with E-state index in [-0.39, 0.29) is 5.91 Å². The summed E-state index contributed by atoms with van der Waals surface area (Å²) in [5, 5.41) is 3.72. The molecule has 0 unspecified atom stereocenters. The predicted octanol–water partition coefficient (Wildman–Crippen LogP) is 8.22. The zero-order chi connectivity index (χ0) is 20.3. The van der Waals surface area contributed by atoms with Crippen LogP contribution in [0.4, 0.5) is 0 Å². The van der Waals surface area contributed by atoms with Crippen LogP contribution in [0.3, 0.4) is 0 Å². The number of carbonyl (C=O) groups is 1. The van der Waals surface area contributed by atoms with Crippen LogP contribution in [0.15, 0.2) is 24.3 Å². The zero-order valence-electron chi connectivity index (χ0n) is 18.1. The maximum absolute atomic E-state index is 11.9. The van der Waals surface area contributed by atoms with Crippen LogP contribution >= 0.6 is 11.6 Å². The van der Waals surface area contributed by atoms with Gasteiger partial charge in [0.05, 0.1) is 0 Å². The summed E-state index contributed by atoms with van der Waals surface area (Å²) in [4.78, 5) is 11.9. The summed E-state index contributed by atoms with van der Waals surface area (Å²) in [6.07, 6.45) is 20.9. The van der Waals surface area contributed by atoms with Gasteiger partial charge in [-0.25, -0.2) is 0 Å². The van der Waals surface area contributed by atoms with Crippen molar-refractivity contribution in [3.8, 4) is 0 Å². The van der Waals surface area contributed by atoms with Gasteiger partial charge in [-0.2, -0.15) is 0 Å². The topological polar surface area (TPSA) is 29.1 Å². The fourth-order valence-corrected chi connectivity index (χ4v) is 3.67. The summed E-state index contributed by atoms with van der Waals surface area (Å²) < 4.78 is 0. The quantitative estimate of drug-likeness (QED) is 0.244. The van der Waals surface area contributed by atoms with Gasteiger partial charge >= 0.3 is 0 Å². The molecule has 1 aromatic carbocycles. The zero-order valence-corrected chi connectivity index (χ0v) is 18.9. The second-order valence-corrected chi connectivity index (χ2v) is 8.54. The van der Waals surface area contributed by atoms with Gasteiger partial charge in [-0.15, -0.1) is 0 Å². The minimum Gasteiger partial charge on any atom is -0.352 e. The molecule has 2 nitrogen and oxygen atoms in total. The van der Waals surface area contributed by atoms with Crippen LogP contribution in [0.1, 0.15) is 115 Å². The minimum absolute atomic E-state index is 0.157. The standard InChI is InChI=1S/C25H42ClNO/c1-2-3-4-5-6-7-8-9-10-11-12-13-14-15-16-17-25(28)27-22-23-18-20-24(26)21-19-23/h18-21H,2-17,22H2,1H3,(H,27,28). The molecule has 0 radical (unpaired) electrons. The summed E-state index contributed by atoms with van der Waals surface area (Å²) in [5.74, 6) is 0.157. The molecular formula is C25H42ClNO. The Labute approximate surface area is 178 Å². The highest BCUT2D eigenvalue weighted by Gasteiger charge is 2.01. The molecule has 3 heteroatoms. The number of unbranched alkanes of at least 4 members (excludes halogenated alkanes) is 14. The Morgan fingerprint density at radius 1 is 0.714 bits per heavy atom. The molecule has 1 amide bonds. The van der Waals surface area contributed by atoms with Crippen molar-refractivity contribution in [1.29, 1.82) is 0 Å². The first-order chi connectivity index (χ1) is 13.7. The lowest BCUT2D eigenvalue weighted by Crippen LogP contribution is -2.22. The number of carbonyl (C=O) groups excluding carboxylic acids is 1. The third kappa shape index (κ3) is 15.0. The summed E-state index contributed by atoms with van der Waals surface area (Å²) in [7, 11) is 0. The number of hydrogen-bond donors (Lipinski definition) is 1. The average Bonchev–Trinajstić information content (AvgIpc) is 2.70. The number of benzene rings is 1. The molecule has 1 rings (SSSR count). The van der Waals surface area contributed by atoms with Crippen LogP contribution in [0.5, 0.6) is 0 Å². The van der Waals surface area contributed by atoms with Crippen molar-refractivity contribution in [1.82, 2.24) is 5.32 Å². The first-order valence-electron chi connectivity index (χ1n) is 11.7. The van der Waals surface area contributed by atoms with Crippen molar-refractivity contribution in [2.45, 2.75) is 116 Å². The Hall–Kier alpha value is -1.02. The molecule has 0 saturated heterocycles. The normalized spacial score (nSPS) is 10.9. The van der Waals surface area contributed by atoms with Gasteiger partial charge in [-0.3, -0.25) is 4.79 Å². The number of hydrogen-bond acceptors (Lipinski definition) is 1. The maximum atomic E-state index is 11.9. The van der Waals surface area contributed by atoms with E-state index in [0.29, 0.717) is 13.0 Å². The van der Waals surface area contributed by atoms with Gasteiger partial charge in [0.25, 0.3) is 0 Å². The lowest BCUT2D eigenvalue weighted by Gasteiger charge is -2.06. The van der Waals surface area contributed by atoms with Crippen LogP contribution in [0.25, 0.3) is 0 Å². The molecule has 0 saturated carbocycles. The lowest BCUT2D eigenvalue weighted by atomic mass is 10.0. The fourth-order valence-electron chi connectivity index (χ4n) is 3.55. The van der Waals surface area contributed by atoms with E-state index in [1.165, 1.54) is 89.9 Å². The van der Waals surface area contributed by atoms with Gasteiger partial charge in [-0.1, -0.05) is 121 Å². The summed E-state index contributed by atoms with van der Waals surface area (Å²) >= 11 is 5.86. The van der Waals surface area contributed by atoms with E-state index in [0.717, 1.165) is 17.0 Å². The molecule has 0 aliphatic heterocycles. The van der Waals surface area contributed by atoms with Crippen LogP contribution in [-0.4, -0.2) is 5.91 Å². The molecule has 0 fully saturated rings. The first-order valence-corrected chi connectivity index (χ1v) is 12.1. The molecular weight excluding hydrogens is 366 g/mol. The van der Waals surface area contributed by atoms with E-state index < -0.39 is 0 Å². The highest BCUT2D eigenvalue weighted by molar-refractivity contribution is 6.30. The van der Waals surface area contributed by atoms with Crippen molar-refractivity contribution in [2.75, 3.05) is 0 Å². The average molecular weight is 408 g/mol. The molecule has 0 spiro atoms. The minimum atomic E-state index is 0.157. The second-order valence-electron chi connectivity index (χ2n) is 8.10. The molecule has 1 aromatic rings. The van der Waals surface area contributed by atoms with E-state index in [9.17, 15) is 4.79 Å². The Balaban J connectivity index is 1.80. The van der Waals surface area contributed by atoms with E-state index in [4.69, 9.17) is 11.6 Å². The maximum Gasteiger partial charge on any atom is 0.220 e. The predicted molar refractivity (Wildman–Crippen MR) is 123 cm³/mol. The summed E-state index contributed by atoms with van der Waals surface area (Å²) in [6, 6.07) is 7.63. The van der Waals surface area contributed by atoms with Crippen molar-refractivity contribution in [3.05, 3.63) is 34.9 Å². The molecule has 0 aliphatic carbocycles. The third-order valence-corrected chi connectivity index (χ3v) is 5.66. The van der Waals surface area contributed by atoms with Gasteiger partial charge in [0.1, 0.15) is 0 Å². The smallest absolute Gasteiger partial charge is 0.220 e. The number of amides is 1. The Kier molecular flexibility index (Phi) is 16.1. The van der Waals surface area contributed by atoms with E-state index in [1.54, 1.807) is 0 Å². The SMILES string of the molecule is CCCCCCCCCCCCCCCCCC(=O)NCc1ccc(Cl)cc1. The van der Waals surface area contributed by atoms with Crippen LogP contribution < -0.4 is 5.32 Å². The Bertz CT molecular complexity index is 486. The van der Waals surface area contributed by atoms with Gasteiger partial charge in [-0.05, 0) is 24.1 Å². The number of nitrogens with one attached hydrogen (secondary N) is 1. The molecule has 1 N–H and O–H groups in total. The van der Waals surface area contributed by atoms with Gasteiger partial charge in [0, 0.05) is 18.0 Å². The highest BCUT2D eigenvalue weighted by Crippen LogP contribution is 2.14. The van der Waals surface area contributed by atoms with Crippen molar-refractivity contribution >= 4 is 17.5 Å². The molecule has 28 heavy (non-hydrogen) atoms. The van der Waals surface area contributed by atoms with E-state index >= 15 is 0 Å². The number of halogens is 1. The fraction of sp³-hybridized carbons (Fsp3) is 0.720. The molecule has 0 atom stereocenters. The van der Waals surface area contributed by atoms with Crippen molar-refractivity contribution in [3.63, 3.8) is 0 Å².